The van der Waals surface area contributed by atoms with Crippen LogP contribution in [0.1, 0.15) is 27.0 Å². The maximum absolute atomic E-state index is 12.0. The summed E-state index contributed by atoms with van der Waals surface area (Å²) in [5, 5.41) is 0. The number of methoxy groups -OCH3 is 1. The molecule has 1 aromatic carbocycles. The summed E-state index contributed by atoms with van der Waals surface area (Å²) >= 11 is 0. The number of benzene rings is 1. The van der Waals surface area contributed by atoms with Gasteiger partial charge in [0.2, 0.25) is 0 Å². The number of esters is 1. The van der Waals surface area contributed by atoms with Crippen LogP contribution >= 0.6 is 0 Å². The Morgan fingerprint density at radius 3 is 2.69 bits per heavy atom. The summed E-state index contributed by atoms with van der Waals surface area (Å²) in [5.74, 6) is -1.17. The van der Waals surface area contributed by atoms with E-state index < -0.39 is 11.9 Å². The van der Waals surface area contributed by atoms with Crippen molar-refractivity contribution in [2.75, 3.05) is 7.11 Å². The van der Waals surface area contributed by atoms with Gasteiger partial charge in [0.1, 0.15) is 5.92 Å². The normalized spacial score (nSPS) is 18.4. The predicted molar refractivity (Wildman–Crippen MR) is 59.5 cm³/mol. The SMILES string of the molecule is COC(=O)[C@@H]1Cc2cc(C)cc(C)c2C1=O. The molecule has 0 heterocycles. The number of hydrogen-bond acceptors (Lipinski definition) is 3. The Morgan fingerprint density at radius 1 is 1.38 bits per heavy atom. The van der Waals surface area contributed by atoms with Gasteiger partial charge in [-0.15, -0.1) is 0 Å². The third-order valence-corrected chi connectivity index (χ3v) is 3.03. The molecular weight excluding hydrogens is 204 g/mol. The van der Waals surface area contributed by atoms with E-state index in [1.165, 1.54) is 7.11 Å². The third kappa shape index (κ3) is 1.52. The number of Topliss-reactive ketones (excluding diaryl/α,β-unsaturated/α-hetero) is 1. The lowest BCUT2D eigenvalue weighted by atomic mass is 10.0. The van der Waals surface area contributed by atoms with E-state index in [1.807, 2.05) is 26.0 Å². The van der Waals surface area contributed by atoms with E-state index in [0.29, 0.717) is 12.0 Å². The van der Waals surface area contributed by atoms with Crippen LogP contribution in [0.5, 0.6) is 0 Å². The van der Waals surface area contributed by atoms with Gasteiger partial charge in [-0.25, -0.2) is 0 Å². The molecule has 0 unspecified atom stereocenters. The van der Waals surface area contributed by atoms with Gasteiger partial charge in [0.25, 0.3) is 0 Å². The second-order valence-electron chi connectivity index (χ2n) is 4.26. The first-order valence-corrected chi connectivity index (χ1v) is 5.26. The smallest absolute Gasteiger partial charge is 0.316 e. The van der Waals surface area contributed by atoms with Crippen LogP contribution in [0.2, 0.25) is 0 Å². The monoisotopic (exact) mass is 218 g/mol. The van der Waals surface area contributed by atoms with Crippen molar-refractivity contribution >= 4 is 11.8 Å². The van der Waals surface area contributed by atoms with Gasteiger partial charge in [0.15, 0.2) is 5.78 Å². The molecule has 2 rings (SSSR count). The van der Waals surface area contributed by atoms with Gasteiger partial charge < -0.3 is 4.74 Å². The molecule has 0 spiro atoms. The molecule has 16 heavy (non-hydrogen) atoms. The Morgan fingerprint density at radius 2 is 2.06 bits per heavy atom. The van der Waals surface area contributed by atoms with E-state index >= 15 is 0 Å². The van der Waals surface area contributed by atoms with Crippen molar-refractivity contribution in [1.82, 2.24) is 0 Å². The average Bonchev–Trinajstić information content (AvgIpc) is 2.54. The van der Waals surface area contributed by atoms with Crippen LogP contribution in [0.3, 0.4) is 0 Å². The first-order chi connectivity index (χ1) is 7.54. The largest absolute Gasteiger partial charge is 0.468 e. The van der Waals surface area contributed by atoms with Gasteiger partial charge in [0.05, 0.1) is 7.11 Å². The fourth-order valence-electron chi connectivity index (χ4n) is 2.39. The van der Waals surface area contributed by atoms with E-state index in [1.54, 1.807) is 0 Å². The Bertz CT molecular complexity index is 474. The molecule has 84 valence electrons. The maximum atomic E-state index is 12.0. The van der Waals surface area contributed by atoms with Crippen LogP contribution in [-0.2, 0) is 16.0 Å². The predicted octanol–water partition coefficient (Wildman–Crippen LogP) is 1.83. The molecule has 1 aliphatic rings. The van der Waals surface area contributed by atoms with Crippen LogP contribution < -0.4 is 0 Å². The maximum Gasteiger partial charge on any atom is 0.316 e. The molecule has 0 N–H and O–H groups in total. The molecule has 0 saturated heterocycles. The Kier molecular flexibility index (Phi) is 2.54. The van der Waals surface area contributed by atoms with Crippen LogP contribution in [-0.4, -0.2) is 18.9 Å². The van der Waals surface area contributed by atoms with Crippen molar-refractivity contribution in [3.8, 4) is 0 Å². The zero-order valence-corrected chi connectivity index (χ0v) is 9.66. The lowest BCUT2D eigenvalue weighted by Gasteiger charge is -2.04. The Balaban J connectivity index is 2.46. The summed E-state index contributed by atoms with van der Waals surface area (Å²) in [6.45, 7) is 3.90. The molecule has 1 atom stereocenters. The van der Waals surface area contributed by atoms with Crippen LogP contribution in [0.25, 0.3) is 0 Å². The van der Waals surface area contributed by atoms with Gasteiger partial charge in [-0.05, 0) is 31.4 Å². The first kappa shape index (κ1) is 10.9. The molecule has 0 bridgehead atoms. The number of fused-ring (bicyclic) bond motifs is 1. The number of ketones is 1. The van der Waals surface area contributed by atoms with E-state index in [-0.39, 0.29) is 5.78 Å². The minimum absolute atomic E-state index is 0.0978. The van der Waals surface area contributed by atoms with Gasteiger partial charge in [0, 0.05) is 5.56 Å². The van der Waals surface area contributed by atoms with E-state index in [0.717, 1.165) is 16.7 Å². The highest BCUT2D eigenvalue weighted by Gasteiger charge is 2.37. The second-order valence-corrected chi connectivity index (χ2v) is 4.26. The summed E-state index contributed by atoms with van der Waals surface area (Å²) in [5.41, 5.74) is 3.75. The van der Waals surface area contributed by atoms with Crippen molar-refractivity contribution in [1.29, 1.82) is 0 Å². The van der Waals surface area contributed by atoms with Crippen molar-refractivity contribution in [3.05, 3.63) is 34.4 Å². The summed E-state index contributed by atoms with van der Waals surface area (Å²) < 4.78 is 4.65. The molecule has 0 amide bonds. The fourth-order valence-corrected chi connectivity index (χ4v) is 2.39. The summed E-state index contributed by atoms with van der Waals surface area (Å²) in [4.78, 5) is 23.5. The number of rotatable bonds is 1. The topological polar surface area (TPSA) is 43.4 Å². The highest BCUT2D eigenvalue weighted by Crippen LogP contribution is 2.30. The standard InChI is InChI=1S/C13H14O3/c1-7-4-8(2)11-9(5-7)6-10(12(11)14)13(15)16-3/h4-5,10H,6H2,1-3H3/t10-/m1/s1. The number of hydrogen-bond donors (Lipinski definition) is 0. The highest BCUT2D eigenvalue weighted by molar-refractivity contribution is 6.13. The number of ether oxygens (including phenoxy) is 1. The number of carbonyl (C=O) groups excluding carboxylic acids is 2. The van der Waals surface area contributed by atoms with Crippen LogP contribution in [0.15, 0.2) is 12.1 Å². The molecular formula is C13H14O3. The minimum atomic E-state index is -0.638. The third-order valence-electron chi connectivity index (χ3n) is 3.03. The Hall–Kier alpha value is -1.64. The number of carbonyl (C=O) groups is 2. The van der Waals surface area contributed by atoms with E-state index in [4.69, 9.17) is 0 Å². The molecule has 3 nitrogen and oxygen atoms in total. The molecule has 0 aliphatic heterocycles. The molecule has 0 radical (unpaired) electrons. The highest BCUT2D eigenvalue weighted by atomic mass is 16.5. The molecule has 1 aliphatic carbocycles. The van der Waals surface area contributed by atoms with E-state index in [9.17, 15) is 9.59 Å². The molecule has 1 aromatic rings. The molecule has 0 aromatic heterocycles. The van der Waals surface area contributed by atoms with Gasteiger partial charge >= 0.3 is 5.97 Å². The Labute approximate surface area is 94.4 Å². The van der Waals surface area contributed by atoms with Gasteiger partial charge in [-0.2, -0.15) is 0 Å². The van der Waals surface area contributed by atoms with Crippen LogP contribution in [0.4, 0.5) is 0 Å². The zero-order chi connectivity index (χ0) is 11.9. The molecule has 0 fully saturated rings. The van der Waals surface area contributed by atoms with Gasteiger partial charge in [-0.3, -0.25) is 9.59 Å². The lowest BCUT2D eigenvalue weighted by molar-refractivity contribution is -0.143. The molecule has 3 heteroatoms. The second kappa shape index (κ2) is 3.74. The van der Waals surface area contributed by atoms with E-state index in [2.05, 4.69) is 4.74 Å². The quantitative estimate of drug-likeness (QED) is 0.533. The van der Waals surface area contributed by atoms with Crippen molar-refractivity contribution in [3.63, 3.8) is 0 Å². The van der Waals surface area contributed by atoms with Gasteiger partial charge in [-0.1, -0.05) is 17.7 Å². The zero-order valence-electron chi connectivity index (χ0n) is 9.66. The van der Waals surface area contributed by atoms with Crippen molar-refractivity contribution < 1.29 is 14.3 Å². The first-order valence-electron chi connectivity index (χ1n) is 5.26. The number of aryl methyl sites for hydroxylation is 2. The van der Waals surface area contributed by atoms with Crippen LogP contribution in [0, 0.1) is 19.8 Å². The minimum Gasteiger partial charge on any atom is -0.468 e. The van der Waals surface area contributed by atoms with Crippen molar-refractivity contribution in [2.45, 2.75) is 20.3 Å². The van der Waals surface area contributed by atoms with Crippen molar-refractivity contribution in [2.24, 2.45) is 5.92 Å². The summed E-state index contributed by atoms with van der Waals surface area (Å²) in [6.07, 6.45) is 0.476. The molecule has 0 saturated carbocycles. The fraction of sp³-hybridized carbons (Fsp3) is 0.385. The summed E-state index contributed by atoms with van der Waals surface area (Å²) in [7, 11) is 1.32. The average molecular weight is 218 g/mol. The summed E-state index contributed by atoms with van der Waals surface area (Å²) in [6, 6.07) is 3.94. The lowest BCUT2D eigenvalue weighted by Crippen LogP contribution is -2.22.